The quantitative estimate of drug-likeness (QED) is 0.651. The molecule has 0 N–H and O–H groups in total. The summed E-state index contributed by atoms with van der Waals surface area (Å²) in [7, 11) is 0. The summed E-state index contributed by atoms with van der Waals surface area (Å²) in [4.78, 5) is 11.0. The molecule has 0 atom stereocenters. The van der Waals surface area contributed by atoms with Crippen LogP contribution in [-0.4, -0.2) is 10.9 Å². The number of aromatic nitrogens is 1. The van der Waals surface area contributed by atoms with Gasteiger partial charge in [0.15, 0.2) is 6.29 Å². The van der Waals surface area contributed by atoms with Gasteiger partial charge in [0.2, 0.25) is 0 Å². The monoisotopic (exact) mass is 263 g/mol. The van der Waals surface area contributed by atoms with Gasteiger partial charge >= 0.3 is 0 Å². The third-order valence-corrected chi connectivity index (χ3v) is 3.95. The van der Waals surface area contributed by atoms with Crippen molar-refractivity contribution in [3.8, 4) is 0 Å². The largest absolute Gasteiger partial charge is 0.344 e. The molecule has 0 fully saturated rings. The lowest BCUT2D eigenvalue weighted by Gasteiger charge is -2.12. The zero-order valence-electron chi connectivity index (χ0n) is 11.8. The number of benzene rings is 2. The number of aldehydes is 1. The number of nitrogens with zero attached hydrogens (tertiary/aromatic N) is 1. The van der Waals surface area contributed by atoms with Gasteiger partial charge in [-0.05, 0) is 36.2 Å². The molecule has 0 amide bonds. The third kappa shape index (κ3) is 2.03. The first-order valence-corrected chi connectivity index (χ1v) is 6.79. The average molecular weight is 263 g/mol. The minimum absolute atomic E-state index is 0.780. The number of aryl methyl sites for hydroxylation is 1. The SMILES string of the molecule is Cc1cc(C=O)c(C)n1Cc1cccc2ccccc12. The van der Waals surface area contributed by atoms with E-state index in [1.165, 1.54) is 16.3 Å². The molecule has 0 unspecified atom stereocenters. The van der Waals surface area contributed by atoms with Crippen molar-refractivity contribution >= 4 is 17.1 Å². The van der Waals surface area contributed by atoms with Crippen molar-refractivity contribution in [3.63, 3.8) is 0 Å². The first-order valence-electron chi connectivity index (χ1n) is 6.79. The summed E-state index contributed by atoms with van der Waals surface area (Å²) >= 11 is 0. The lowest BCUT2D eigenvalue weighted by atomic mass is 10.0. The highest BCUT2D eigenvalue weighted by Gasteiger charge is 2.09. The van der Waals surface area contributed by atoms with Gasteiger partial charge in [-0.1, -0.05) is 42.5 Å². The van der Waals surface area contributed by atoms with E-state index in [9.17, 15) is 4.79 Å². The Kier molecular flexibility index (Phi) is 3.15. The van der Waals surface area contributed by atoms with Crippen LogP contribution in [0.5, 0.6) is 0 Å². The second-order valence-corrected chi connectivity index (χ2v) is 5.17. The highest BCUT2D eigenvalue weighted by Crippen LogP contribution is 2.22. The number of hydrogen-bond acceptors (Lipinski definition) is 1. The van der Waals surface area contributed by atoms with Crippen LogP contribution in [0.15, 0.2) is 48.5 Å². The van der Waals surface area contributed by atoms with E-state index in [2.05, 4.69) is 47.0 Å². The number of carbonyl (C=O) groups is 1. The van der Waals surface area contributed by atoms with Crippen molar-refractivity contribution in [2.75, 3.05) is 0 Å². The van der Waals surface area contributed by atoms with Crippen LogP contribution < -0.4 is 0 Å². The second kappa shape index (κ2) is 4.97. The van der Waals surface area contributed by atoms with Crippen LogP contribution in [0.2, 0.25) is 0 Å². The standard InChI is InChI=1S/C18H17NO/c1-13-10-17(12-20)14(2)19(13)11-16-8-5-7-15-6-3-4-9-18(15)16/h3-10,12H,11H2,1-2H3. The van der Waals surface area contributed by atoms with E-state index in [0.29, 0.717) is 0 Å². The molecule has 2 aromatic carbocycles. The Morgan fingerprint density at radius 1 is 1.05 bits per heavy atom. The summed E-state index contributed by atoms with van der Waals surface area (Å²) in [6.45, 7) is 4.85. The lowest BCUT2D eigenvalue weighted by molar-refractivity contribution is 0.112. The predicted octanol–water partition coefficient (Wildman–Crippen LogP) is 4.12. The first kappa shape index (κ1) is 12.7. The van der Waals surface area contributed by atoms with Gasteiger partial charge in [0.25, 0.3) is 0 Å². The summed E-state index contributed by atoms with van der Waals surface area (Å²) in [6.07, 6.45) is 0.932. The van der Waals surface area contributed by atoms with Crippen LogP contribution in [-0.2, 0) is 6.54 Å². The molecule has 0 radical (unpaired) electrons. The van der Waals surface area contributed by atoms with Crippen LogP contribution in [0.25, 0.3) is 10.8 Å². The Balaban J connectivity index is 2.10. The zero-order valence-corrected chi connectivity index (χ0v) is 11.8. The van der Waals surface area contributed by atoms with Gasteiger partial charge in [0.05, 0.1) is 0 Å². The predicted molar refractivity (Wildman–Crippen MR) is 82.3 cm³/mol. The molecule has 20 heavy (non-hydrogen) atoms. The van der Waals surface area contributed by atoms with Gasteiger partial charge in [0.1, 0.15) is 0 Å². The molecule has 0 saturated carbocycles. The van der Waals surface area contributed by atoms with E-state index in [1.54, 1.807) is 0 Å². The van der Waals surface area contributed by atoms with Crippen molar-refractivity contribution < 1.29 is 4.79 Å². The maximum atomic E-state index is 11.0. The number of hydrogen-bond donors (Lipinski definition) is 0. The molecular formula is C18H17NO. The number of carbonyl (C=O) groups excluding carboxylic acids is 1. The molecule has 0 spiro atoms. The summed E-state index contributed by atoms with van der Waals surface area (Å²) in [5, 5.41) is 2.53. The van der Waals surface area contributed by atoms with Crippen molar-refractivity contribution in [1.29, 1.82) is 0 Å². The molecule has 1 aromatic heterocycles. The normalized spacial score (nSPS) is 10.9. The first-order chi connectivity index (χ1) is 9.70. The third-order valence-electron chi connectivity index (χ3n) is 3.95. The average Bonchev–Trinajstić information content (AvgIpc) is 2.75. The molecule has 0 bridgehead atoms. The molecule has 1 heterocycles. The van der Waals surface area contributed by atoms with Crippen LogP contribution in [0.3, 0.4) is 0 Å². The maximum absolute atomic E-state index is 11.0. The van der Waals surface area contributed by atoms with Gasteiger partial charge in [0, 0.05) is 23.5 Å². The molecular weight excluding hydrogens is 246 g/mol. The Hall–Kier alpha value is -2.35. The Labute approximate surface area is 118 Å². The highest BCUT2D eigenvalue weighted by molar-refractivity contribution is 5.85. The van der Waals surface area contributed by atoms with Crippen molar-refractivity contribution in [3.05, 3.63) is 71.0 Å². The lowest BCUT2D eigenvalue weighted by Crippen LogP contribution is -2.04. The summed E-state index contributed by atoms with van der Waals surface area (Å²) in [5.41, 5.74) is 4.22. The number of fused-ring (bicyclic) bond motifs is 1. The molecule has 3 rings (SSSR count). The van der Waals surface area contributed by atoms with Gasteiger partial charge in [-0.2, -0.15) is 0 Å². The van der Waals surface area contributed by atoms with Crippen molar-refractivity contribution in [2.24, 2.45) is 0 Å². The van der Waals surface area contributed by atoms with E-state index in [1.807, 2.05) is 19.9 Å². The molecule has 0 saturated heterocycles. The van der Waals surface area contributed by atoms with E-state index < -0.39 is 0 Å². The van der Waals surface area contributed by atoms with Gasteiger partial charge < -0.3 is 4.57 Å². The summed E-state index contributed by atoms with van der Waals surface area (Å²) in [6, 6.07) is 16.7. The van der Waals surface area contributed by atoms with Crippen LogP contribution >= 0.6 is 0 Å². The molecule has 0 aliphatic carbocycles. The number of rotatable bonds is 3. The van der Waals surface area contributed by atoms with E-state index in [4.69, 9.17) is 0 Å². The molecule has 2 heteroatoms. The highest BCUT2D eigenvalue weighted by atomic mass is 16.1. The Morgan fingerprint density at radius 3 is 2.55 bits per heavy atom. The van der Waals surface area contributed by atoms with E-state index >= 15 is 0 Å². The topological polar surface area (TPSA) is 22.0 Å². The van der Waals surface area contributed by atoms with Crippen molar-refractivity contribution in [1.82, 2.24) is 4.57 Å². The Bertz CT molecular complexity index is 778. The maximum Gasteiger partial charge on any atom is 0.151 e. The molecule has 2 nitrogen and oxygen atoms in total. The molecule has 0 aliphatic rings. The van der Waals surface area contributed by atoms with Crippen molar-refractivity contribution in [2.45, 2.75) is 20.4 Å². The fourth-order valence-corrected chi connectivity index (χ4v) is 2.79. The Morgan fingerprint density at radius 2 is 1.80 bits per heavy atom. The molecule has 0 aliphatic heterocycles. The summed E-state index contributed by atoms with van der Waals surface area (Å²) < 4.78 is 2.20. The van der Waals surface area contributed by atoms with E-state index in [-0.39, 0.29) is 0 Å². The zero-order chi connectivity index (χ0) is 14.1. The summed E-state index contributed by atoms with van der Waals surface area (Å²) in [5.74, 6) is 0. The van der Waals surface area contributed by atoms with Crippen LogP contribution in [0.1, 0.15) is 27.3 Å². The molecule has 100 valence electrons. The van der Waals surface area contributed by atoms with Crippen LogP contribution in [0.4, 0.5) is 0 Å². The van der Waals surface area contributed by atoms with E-state index in [0.717, 1.165) is 29.8 Å². The minimum Gasteiger partial charge on any atom is -0.344 e. The second-order valence-electron chi connectivity index (χ2n) is 5.17. The fourth-order valence-electron chi connectivity index (χ4n) is 2.79. The van der Waals surface area contributed by atoms with Gasteiger partial charge in [-0.15, -0.1) is 0 Å². The minimum atomic E-state index is 0.780. The van der Waals surface area contributed by atoms with Gasteiger partial charge in [-0.3, -0.25) is 4.79 Å². The fraction of sp³-hybridized carbons (Fsp3) is 0.167. The van der Waals surface area contributed by atoms with Gasteiger partial charge in [-0.25, -0.2) is 0 Å². The molecule has 3 aromatic rings. The smallest absolute Gasteiger partial charge is 0.151 e. The van der Waals surface area contributed by atoms with Crippen LogP contribution in [0, 0.1) is 13.8 Å².